The zero-order valence-electron chi connectivity index (χ0n) is 10.2. The lowest BCUT2D eigenvalue weighted by Crippen LogP contribution is -2.07. The summed E-state index contributed by atoms with van der Waals surface area (Å²) >= 11 is 0. The Hall–Kier alpha value is -1.10. The smallest absolute Gasteiger partial charge is 0.119 e. The van der Waals surface area contributed by atoms with Gasteiger partial charge in [-0.3, -0.25) is 0 Å². The van der Waals surface area contributed by atoms with Crippen LogP contribution in [-0.4, -0.2) is 38.1 Å². The van der Waals surface area contributed by atoms with E-state index >= 15 is 0 Å². The number of hydrogen-bond donors (Lipinski definition) is 1. The molecule has 0 saturated carbocycles. The van der Waals surface area contributed by atoms with Crippen LogP contribution in [0.15, 0.2) is 24.3 Å². The second-order valence-corrected chi connectivity index (χ2v) is 3.47. The van der Waals surface area contributed by atoms with E-state index in [1.807, 2.05) is 31.2 Å². The molecule has 0 aliphatic rings. The van der Waals surface area contributed by atoms with Crippen LogP contribution in [0.4, 0.5) is 0 Å². The third-order valence-electron chi connectivity index (χ3n) is 2.09. The van der Waals surface area contributed by atoms with E-state index in [0.717, 1.165) is 11.3 Å². The van der Waals surface area contributed by atoms with Gasteiger partial charge in [0.15, 0.2) is 0 Å². The molecular formula is C13H20O4. The normalized spacial score (nSPS) is 10.5. The number of hydrogen-bond acceptors (Lipinski definition) is 4. The van der Waals surface area contributed by atoms with Crippen molar-refractivity contribution in [3.05, 3.63) is 29.8 Å². The lowest BCUT2D eigenvalue weighted by Gasteiger charge is -2.07. The average molecular weight is 240 g/mol. The second-order valence-electron chi connectivity index (χ2n) is 3.47. The SMILES string of the molecule is CCOc1cccc(COCCOCCO)c1. The van der Waals surface area contributed by atoms with Crippen LogP contribution < -0.4 is 4.74 Å². The van der Waals surface area contributed by atoms with Gasteiger partial charge in [0.1, 0.15) is 5.75 Å². The van der Waals surface area contributed by atoms with E-state index in [1.165, 1.54) is 0 Å². The van der Waals surface area contributed by atoms with Crippen LogP contribution in [0, 0.1) is 0 Å². The van der Waals surface area contributed by atoms with Crippen molar-refractivity contribution in [2.45, 2.75) is 13.5 Å². The molecule has 96 valence electrons. The first-order chi connectivity index (χ1) is 8.36. The maximum Gasteiger partial charge on any atom is 0.119 e. The van der Waals surface area contributed by atoms with E-state index < -0.39 is 0 Å². The molecule has 4 heteroatoms. The van der Waals surface area contributed by atoms with Crippen LogP contribution >= 0.6 is 0 Å². The molecule has 0 aromatic heterocycles. The molecule has 4 nitrogen and oxygen atoms in total. The van der Waals surface area contributed by atoms with Gasteiger partial charge in [0.25, 0.3) is 0 Å². The number of aliphatic hydroxyl groups is 1. The van der Waals surface area contributed by atoms with Gasteiger partial charge in [0.05, 0.1) is 39.6 Å². The standard InChI is InChI=1S/C13H20O4/c1-2-17-13-5-3-4-12(10-13)11-16-9-8-15-7-6-14/h3-5,10,14H,2,6-9,11H2,1H3. The molecule has 1 aromatic rings. The molecule has 0 atom stereocenters. The number of aliphatic hydroxyl groups excluding tert-OH is 1. The summed E-state index contributed by atoms with van der Waals surface area (Å²) in [6.07, 6.45) is 0. The fraction of sp³-hybridized carbons (Fsp3) is 0.538. The predicted octanol–water partition coefficient (Wildman–Crippen LogP) is 1.61. The van der Waals surface area contributed by atoms with E-state index in [0.29, 0.717) is 33.0 Å². The van der Waals surface area contributed by atoms with Gasteiger partial charge in [-0.05, 0) is 24.6 Å². The van der Waals surface area contributed by atoms with Crippen LogP contribution in [0.5, 0.6) is 5.75 Å². The van der Waals surface area contributed by atoms with E-state index in [-0.39, 0.29) is 6.61 Å². The van der Waals surface area contributed by atoms with E-state index in [9.17, 15) is 0 Å². The molecule has 17 heavy (non-hydrogen) atoms. The maximum atomic E-state index is 8.50. The summed E-state index contributed by atoms with van der Waals surface area (Å²) in [7, 11) is 0. The Morgan fingerprint density at radius 3 is 2.71 bits per heavy atom. The monoisotopic (exact) mass is 240 g/mol. The summed E-state index contributed by atoms with van der Waals surface area (Å²) in [5.74, 6) is 0.866. The highest BCUT2D eigenvalue weighted by molar-refractivity contribution is 5.27. The third kappa shape index (κ3) is 6.26. The first kappa shape index (κ1) is 14.0. The van der Waals surface area contributed by atoms with Gasteiger partial charge in [0.2, 0.25) is 0 Å². The van der Waals surface area contributed by atoms with Gasteiger partial charge in [-0.15, -0.1) is 0 Å². The molecule has 0 aliphatic heterocycles. The molecule has 0 bridgehead atoms. The summed E-state index contributed by atoms with van der Waals surface area (Å²) in [4.78, 5) is 0. The minimum atomic E-state index is 0.0520. The van der Waals surface area contributed by atoms with Gasteiger partial charge >= 0.3 is 0 Å². The Morgan fingerprint density at radius 1 is 1.12 bits per heavy atom. The predicted molar refractivity (Wildman–Crippen MR) is 65.2 cm³/mol. The molecule has 1 aromatic carbocycles. The van der Waals surface area contributed by atoms with Gasteiger partial charge < -0.3 is 19.3 Å². The highest BCUT2D eigenvalue weighted by Gasteiger charge is 1.97. The largest absolute Gasteiger partial charge is 0.494 e. The first-order valence-electron chi connectivity index (χ1n) is 5.85. The zero-order valence-corrected chi connectivity index (χ0v) is 10.2. The molecule has 0 radical (unpaired) electrons. The number of ether oxygens (including phenoxy) is 3. The van der Waals surface area contributed by atoms with Crippen molar-refractivity contribution in [3.8, 4) is 5.75 Å². The molecule has 0 heterocycles. The summed E-state index contributed by atoms with van der Waals surface area (Å²) in [6, 6.07) is 7.85. The van der Waals surface area contributed by atoms with Crippen molar-refractivity contribution in [3.63, 3.8) is 0 Å². The van der Waals surface area contributed by atoms with Crippen molar-refractivity contribution >= 4 is 0 Å². The minimum absolute atomic E-state index is 0.0520. The minimum Gasteiger partial charge on any atom is -0.494 e. The number of benzene rings is 1. The van der Waals surface area contributed by atoms with Gasteiger partial charge in [-0.25, -0.2) is 0 Å². The fourth-order valence-corrected chi connectivity index (χ4v) is 1.37. The summed E-state index contributed by atoms with van der Waals surface area (Å²) in [5, 5.41) is 8.50. The molecule has 0 unspecified atom stereocenters. The van der Waals surface area contributed by atoms with Gasteiger partial charge in [-0.1, -0.05) is 12.1 Å². The van der Waals surface area contributed by atoms with Crippen molar-refractivity contribution in [2.24, 2.45) is 0 Å². The van der Waals surface area contributed by atoms with Gasteiger partial charge in [0, 0.05) is 0 Å². The summed E-state index contributed by atoms with van der Waals surface area (Å²) < 4.78 is 15.9. The van der Waals surface area contributed by atoms with Crippen molar-refractivity contribution in [2.75, 3.05) is 33.0 Å². The highest BCUT2D eigenvalue weighted by atomic mass is 16.5. The first-order valence-corrected chi connectivity index (χ1v) is 5.85. The quantitative estimate of drug-likeness (QED) is 0.666. The Labute approximate surface area is 102 Å². The number of rotatable bonds is 9. The highest BCUT2D eigenvalue weighted by Crippen LogP contribution is 2.13. The van der Waals surface area contributed by atoms with E-state index in [1.54, 1.807) is 0 Å². The average Bonchev–Trinajstić information content (AvgIpc) is 2.35. The molecule has 0 amide bonds. The van der Waals surface area contributed by atoms with Crippen LogP contribution in [0.25, 0.3) is 0 Å². The van der Waals surface area contributed by atoms with Crippen LogP contribution in [0.2, 0.25) is 0 Å². The van der Waals surface area contributed by atoms with E-state index in [4.69, 9.17) is 19.3 Å². The molecular weight excluding hydrogens is 220 g/mol. The molecule has 1 rings (SSSR count). The van der Waals surface area contributed by atoms with Crippen LogP contribution in [-0.2, 0) is 16.1 Å². The van der Waals surface area contributed by atoms with Crippen molar-refractivity contribution in [1.29, 1.82) is 0 Å². The molecule has 1 N–H and O–H groups in total. The van der Waals surface area contributed by atoms with Crippen LogP contribution in [0.3, 0.4) is 0 Å². The molecule has 0 aliphatic carbocycles. The Morgan fingerprint density at radius 2 is 1.94 bits per heavy atom. The molecule has 0 spiro atoms. The van der Waals surface area contributed by atoms with Crippen molar-refractivity contribution < 1.29 is 19.3 Å². The van der Waals surface area contributed by atoms with E-state index in [2.05, 4.69) is 0 Å². The third-order valence-corrected chi connectivity index (χ3v) is 2.09. The zero-order chi connectivity index (χ0) is 12.3. The second kappa shape index (κ2) is 8.98. The van der Waals surface area contributed by atoms with Crippen LogP contribution in [0.1, 0.15) is 12.5 Å². The lowest BCUT2D eigenvalue weighted by atomic mass is 10.2. The summed E-state index contributed by atoms with van der Waals surface area (Å²) in [5.41, 5.74) is 1.08. The lowest BCUT2D eigenvalue weighted by molar-refractivity contribution is 0.0274. The topological polar surface area (TPSA) is 47.9 Å². The summed E-state index contributed by atoms with van der Waals surface area (Å²) in [6.45, 7) is 4.62. The fourth-order valence-electron chi connectivity index (χ4n) is 1.37. The molecule has 0 saturated heterocycles. The Kier molecular flexibility index (Phi) is 7.38. The maximum absolute atomic E-state index is 8.50. The van der Waals surface area contributed by atoms with Crippen molar-refractivity contribution in [1.82, 2.24) is 0 Å². The Bertz CT molecular complexity index is 301. The Balaban J connectivity index is 2.19. The molecule has 0 fully saturated rings. The van der Waals surface area contributed by atoms with Gasteiger partial charge in [-0.2, -0.15) is 0 Å².